The number of hydrogen-bond donors (Lipinski definition) is 3. The van der Waals surface area contributed by atoms with E-state index in [4.69, 9.17) is 19.9 Å². The largest absolute Gasteiger partial charge is 0.491 e. The maximum atomic E-state index is 13.4. The van der Waals surface area contributed by atoms with Crippen LogP contribution in [0.2, 0.25) is 0 Å². The molecule has 2 aromatic rings. The Morgan fingerprint density at radius 2 is 1.85 bits per heavy atom. The molecule has 3 unspecified atom stereocenters. The second kappa shape index (κ2) is 13.6. The van der Waals surface area contributed by atoms with Crippen LogP contribution >= 0.6 is 0 Å². The number of rotatable bonds is 11. The summed E-state index contributed by atoms with van der Waals surface area (Å²) in [6.45, 7) is 5.24. The maximum absolute atomic E-state index is 13.4. The van der Waals surface area contributed by atoms with Crippen LogP contribution in [0.4, 0.5) is 5.69 Å². The summed E-state index contributed by atoms with van der Waals surface area (Å²) in [6.07, 6.45) is -0.833. The number of esters is 2. The second-order valence-corrected chi connectivity index (χ2v) is 9.76. The number of aliphatic hydroxyl groups is 1. The first-order valence-corrected chi connectivity index (χ1v) is 12.8. The first kappa shape index (κ1) is 30.8. The van der Waals surface area contributed by atoms with Crippen LogP contribution in [0.3, 0.4) is 0 Å². The number of methoxy groups -OCH3 is 1. The predicted molar refractivity (Wildman–Crippen MR) is 147 cm³/mol. The van der Waals surface area contributed by atoms with Gasteiger partial charge >= 0.3 is 11.9 Å². The number of nitro benzene ring substituents is 1. The number of aliphatic hydroxyl groups excluding tert-OH is 1. The quantitative estimate of drug-likeness (QED) is 0.207. The van der Waals surface area contributed by atoms with E-state index < -0.39 is 34.9 Å². The maximum Gasteiger partial charge on any atom is 0.337 e. The summed E-state index contributed by atoms with van der Waals surface area (Å²) < 4.78 is 16.1. The summed E-state index contributed by atoms with van der Waals surface area (Å²) in [5, 5.41) is 34.0. The van der Waals surface area contributed by atoms with Crippen LogP contribution in [0, 0.1) is 27.4 Å². The Labute approximate surface area is 237 Å². The number of nitrogens with two attached hydrogens (primary N) is 1. The lowest BCUT2D eigenvalue weighted by atomic mass is 9.80. The Morgan fingerprint density at radius 1 is 1.17 bits per heavy atom. The number of allylic oxidation sites excluding steroid dienone is 2. The molecule has 0 saturated carbocycles. The lowest BCUT2D eigenvalue weighted by molar-refractivity contribution is -0.384. The number of nitrogens with one attached hydrogen (secondary N) is 1. The van der Waals surface area contributed by atoms with E-state index >= 15 is 0 Å². The average molecular weight is 565 g/mol. The molecule has 0 aromatic heterocycles. The van der Waals surface area contributed by atoms with Crippen molar-refractivity contribution < 1.29 is 33.8 Å². The summed E-state index contributed by atoms with van der Waals surface area (Å²) in [5.74, 6) is -2.25. The molecule has 1 aliphatic heterocycles. The fourth-order valence-corrected chi connectivity index (χ4v) is 4.31. The molecule has 0 amide bonds. The Morgan fingerprint density at radius 3 is 2.44 bits per heavy atom. The Kier molecular flexibility index (Phi) is 10.2. The minimum absolute atomic E-state index is 0.000306. The predicted octanol–water partition coefficient (Wildman–Crippen LogP) is 2.97. The highest BCUT2D eigenvalue weighted by atomic mass is 16.6. The monoisotopic (exact) mass is 564 g/mol. The van der Waals surface area contributed by atoms with Crippen molar-refractivity contribution in [2.75, 3.05) is 13.7 Å². The van der Waals surface area contributed by atoms with Gasteiger partial charge in [0.25, 0.3) is 5.69 Å². The van der Waals surface area contributed by atoms with Crippen LogP contribution in [-0.4, -0.2) is 47.8 Å². The van der Waals surface area contributed by atoms with Gasteiger partial charge in [0.2, 0.25) is 0 Å². The lowest BCUT2D eigenvalue weighted by Gasteiger charge is -2.29. The fourth-order valence-electron chi connectivity index (χ4n) is 4.31. The van der Waals surface area contributed by atoms with E-state index in [1.807, 2.05) is 19.9 Å². The second-order valence-electron chi connectivity index (χ2n) is 9.76. The minimum atomic E-state index is -1.16. The van der Waals surface area contributed by atoms with Crippen LogP contribution in [0.15, 0.2) is 71.1 Å². The molecule has 41 heavy (non-hydrogen) atoms. The van der Waals surface area contributed by atoms with E-state index in [2.05, 4.69) is 5.32 Å². The highest BCUT2D eigenvalue weighted by Gasteiger charge is 2.39. The minimum Gasteiger partial charge on any atom is -0.491 e. The summed E-state index contributed by atoms with van der Waals surface area (Å²) >= 11 is 0. The Balaban J connectivity index is 1.83. The first-order valence-electron chi connectivity index (χ1n) is 12.8. The Hall–Kier alpha value is -4.73. The molecular formula is C29H32N4O8. The van der Waals surface area contributed by atoms with Gasteiger partial charge in [-0.25, -0.2) is 9.59 Å². The third kappa shape index (κ3) is 7.27. The van der Waals surface area contributed by atoms with Gasteiger partial charge in [0.15, 0.2) is 0 Å². The van der Waals surface area contributed by atoms with Gasteiger partial charge in [0, 0.05) is 23.9 Å². The zero-order valence-electron chi connectivity index (χ0n) is 23.1. The Bertz CT molecular complexity index is 1410. The number of nitrogens with zero attached hydrogens (tertiary/aromatic N) is 2. The van der Waals surface area contributed by atoms with Gasteiger partial charge in [-0.15, -0.1) is 0 Å². The summed E-state index contributed by atoms with van der Waals surface area (Å²) in [7, 11) is 1.13. The van der Waals surface area contributed by atoms with Gasteiger partial charge in [-0.05, 0) is 36.1 Å². The van der Waals surface area contributed by atoms with Gasteiger partial charge in [-0.2, -0.15) is 5.26 Å². The molecule has 3 rings (SSSR count). The van der Waals surface area contributed by atoms with Crippen molar-refractivity contribution in [1.29, 1.82) is 5.26 Å². The molecule has 12 nitrogen and oxygen atoms in total. The van der Waals surface area contributed by atoms with Gasteiger partial charge in [-0.1, -0.05) is 38.1 Å². The lowest BCUT2D eigenvalue weighted by Crippen LogP contribution is -2.42. The van der Waals surface area contributed by atoms with Crippen molar-refractivity contribution in [3.63, 3.8) is 0 Å². The van der Waals surface area contributed by atoms with E-state index in [0.29, 0.717) is 11.3 Å². The van der Waals surface area contributed by atoms with Crippen molar-refractivity contribution in [2.24, 2.45) is 11.7 Å². The molecule has 2 aromatic carbocycles. The smallest absolute Gasteiger partial charge is 0.337 e. The SMILES string of the molecule is COC(=O)C1=C(C#N)NC(C)=C(C(=O)OCc2ccc(OCC(O)C(N)C(C)C)cc2)C1c1cccc([N+](=O)[O-])c1. The molecule has 0 spiro atoms. The van der Waals surface area contributed by atoms with E-state index in [1.54, 1.807) is 24.3 Å². The molecule has 1 heterocycles. The average Bonchev–Trinajstić information content (AvgIpc) is 2.97. The van der Waals surface area contributed by atoms with Crippen LogP contribution in [0.25, 0.3) is 0 Å². The number of nitriles is 1. The number of nitro groups is 1. The molecule has 4 N–H and O–H groups in total. The molecule has 3 atom stereocenters. The number of ether oxygens (including phenoxy) is 3. The number of carbonyl (C=O) groups excluding carboxylic acids is 2. The molecule has 0 radical (unpaired) electrons. The van der Waals surface area contributed by atoms with Crippen molar-refractivity contribution in [3.8, 4) is 11.8 Å². The highest BCUT2D eigenvalue weighted by molar-refractivity contribution is 6.00. The molecular weight excluding hydrogens is 532 g/mol. The van der Waals surface area contributed by atoms with Crippen molar-refractivity contribution in [1.82, 2.24) is 5.32 Å². The molecule has 216 valence electrons. The number of carbonyl (C=O) groups is 2. The van der Waals surface area contributed by atoms with Gasteiger partial charge in [0.1, 0.15) is 36.8 Å². The van der Waals surface area contributed by atoms with E-state index in [-0.39, 0.29) is 52.9 Å². The number of hydrogen-bond acceptors (Lipinski definition) is 11. The number of dihydropyridines is 1. The van der Waals surface area contributed by atoms with Crippen LogP contribution < -0.4 is 15.8 Å². The third-order valence-electron chi connectivity index (χ3n) is 6.64. The highest BCUT2D eigenvalue weighted by Crippen LogP contribution is 2.40. The summed E-state index contributed by atoms with van der Waals surface area (Å²) in [6, 6.07) is 13.6. The zero-order chi connectivity index (χ0) is 30.3. The molecule has 0 saturated heterocycles. The topological polar surface area (TPSA) is 187 Å². The molecule has 0 bridgehead atoms. The zero-order valence-corrected chi connectivity index (χ0v) is 23.1. The molecule has 0 aliphatic carbocycles. The molecule has 12 heteroatoms. The van der Waals surface area contributed by atoms with E-state index in [0.717, 1.165) is 7.11 Å². The van der Waals surface area contributed by atoms with Crippen molar-refractivity contribution in [3.05, 3.63) is 92.3 Å². The summed E-state index contributed by atoms with van der Waals surface area (Å²) in [5.41, 5.74) is 6.49. The fraction of sp³-hybridized carbons (Fsp3) is 0.345. The molecule has 0 fully saturated rings. The van der Waals surface area contributed by atoms with E-state index in [9.17, 15) is 30.1 Å². The number of benzene rings is 2. The normalized spacial score (nSPS) is 16.4. The standard InChI is InChI=1S/C29H32N4O8/c1-16(2)27(31)23(34)15-40-21-10-8-18(9-11-21)14-41-29(36)24-17(3)32-22(13-30)26(28(35)39-4)25(24)19-6-5-7-20(12-19)33(37)38/h5-12,16,23,25,27,32,34H,14-15,31H2,1-4H3. The first-order chi connectivity index (χ1) is 19.5. The van der Waals surface area contributed by atoms with Gasteiger partial charge < -0.3 is 30.4 Å². The van der Waals surface area contributed by atoms with Crippen LogP contribution in [-0.2, 0) is 25.7 Å². The van der Waals surface area contributed by atoms with Crippen LogP contribution in [0.1, 0.15) is 37.8 Å². The number of non-ortho nitro benzene ring substituents is 1. The van der Waals surface area contributed by atoms with Crippen LogP contribution in [0.5, 0.6) is 5.75 Å². The van der Waals surface area contributed by atoms with Gasteiger partial charge in [0.05, 0.1) is 29.1 Å². The third-order valence-corrected chi connectivity index (χ3v) is 6.64. The summed E-state index contributed by atoms with van der Waals surface area (Å²) in [4.78, 5) is 37.0. The van der Waals surface area contributed by atoms with E-state index in [1.165, 1.54) is 31.2 Å². The van der Waals surface area contributed by atoms with Crippen molar-refractivity contribution in [2.45, 2.75) is 45.4 Å². The van der Waals surface area contributed by atoms with Crippen molar-refractivity contribution >= 4 is 17.6 Å². The van der Waals surface area contributed by atoms with Gasteiger partial charge in [-0.3, -0.25) is 10.1 Å². The molecule has 1 aliphatic rings.